The molecule has 130 valence electrons. The van der Waals surface area contributed by atoms with E-state index in [1.165, 1.54) is 12.2 Å². The van der Waals surface area contributed by atoms with Gasteiger partial charge in [0.2, 0.25) is 17.8 Å². The first kappa shape index (κ1) is 15.7. The van der Waals surface area contributed by atoms with Crippen LogP contribution < -0.4 is 0 Å². The Morgan fingerprint density at radius 1 is 0.920 bits per heavy atom. The molecule has 3 saturated heterocycles. The molecule has 4 fully saturated rings. The zero-order valence-corrected chi connectivity index (χ0v) is 13.9. The molecule has 0 aromatic rings. The number of isocyanates is 2. The average molecular weight is 345 g/mol. The Labute approximate surface area is 142 Å². The molecule has 2 unspecified atom stereocenters. The van der Waals surface area contributed by atoms with Crippen LogP contribution in [-0.4, -0.2) is 62.8 Å². The highest BCUT2D eigenvalue weighted by atomic mass is 16.3. The van der Waals surface area contributed by atoms with Crippen molar-refractivity contribution < 1.29 is 24.0 Å². The predicted molar refractivity (Wildman–Crippen MR) is 79.4 cm³/mol. The van der Waals surface area contributed by atoms with E-state index in [0.29, 0.717) is 6.42 Å². The number of hydrogen-bond acceptors (Lipinski definition) is 7. The van der Waals surface area contributed by atoms with Crippen molar-refractivity contribution in [1.82, 2.24) is 14.7 Å². The number of amides is 6. The lowest BCUT2D eigenvalue weighted by molar-refractivity contribution is -0.173. The molecule has 1 spiro atoms. The zero-order chi connectivity index (χ0) is 18.4. The van der Waals surface area contributed by atoms with Crippen LogP contribution in [0.3, 0.4) is 0 Å². The van der Waals surface area contributed by atoms with Crippen molar-refractivity contribution in [3.05, 3.63) is 0 Å². The highest BCUT2D eigenvalue weighted by Crippen LogP contribution is 2.72. The molecule has 4 rings (SSSR count). The van der Waals surface area contributed by atoms with Crippen LogP contribution in [0.1, 0.15) is 33.6 Å². The number of rotatable bonds is 3. The van der Waals surface area contributed by atoms with Gasteiger partial charge in [0.05, 0.1) is 6.54 Å². The molecular weight excluding hydrogens is 330 g/mol. The van der Waals surface area contributed by atoms with Gasteiger partial charge < -0.3 is 0 Å². The molecule has 2 atom stereocenters. The monoisotopic (exact) mass is 345 g/mol. The summed E-state index contributed by atoms with van der Waals surface area (Å²) in [6.45, 7) is 5.50. The normalized spacial score (nSPS) is 35.8. The Balaban J connectivity index is 2.07. The van der Waals surface area contributed by atoms with Crippen LogP contribution in [-0.2, 0) is 9.59 Å². The Bertz CT molecular complexity index is 828. The van der Waals surface area contributed by atoms with E-state index >= 15 is 0 Å². The molecule has 6 amide bonds. The van der Waals surface area contributed by atoms with E-state index in [2.05, 4.69) is 9.98 Å². The van der Waals surface area contributed by atoms with E-state index in [9.17, 15) is 24.0 Å². The highest BCUT2D eigenvalue weighted by Gasteiger charge is 2.94. The third kappa shape index (κ3) is 1.27. The van der Waals surface area contributed by atoms with Crippen molar-refractivity contribution in [2.75, 3.05) is 6.54 Å². The Kier molecular flexibility index (Phi) is 2.53. The minimum atomic E-state index is -1.56. The molecule has 10 heteroatoms. The predicted octanol–water partition coefficient (Wildman–Crippen LogP) is 1.18. The summed E-state index contributed by atoms with van der Waals surface area (Å²) in [7, 11) is 0. The van der Waals surface area contributed by atoms with Crippen molar-refractivity contribution in [2.45, 2.75) is 44.9 Å². The van der Waals surface area contributed by atoms with Crippen molar-refractivity contribution in [3.8, 4) is 0 Å². The van der Waals surface area contributed by atoms with Crippen molar-refractivity contribution in [3.63, 3.8) is 0 Å². The first-order valence-electron chi connectivity index (χ1n) is 7.79. The fourth-order valence-corrected chi connectivity index (χ4v) is 5.74. The molecular formula is C15H15N5O5. The summed E-state index contributed by atoms with van der Waals surface area (Å²) < 4.78 is 0. The number of imide groups is 3. The molecule has 3 heterocycles. The lowest BCUT2D eigenvalue weighted by atomic mass is 9.53. The maximum Gasteiger partial charge on any atom is 0.340 e. The van der Waals surface area contributed by atoms with E-state index in [-0.39, 0.29) is 13.0 Å². The molecule has 0 radical (unpaired) electrons. The first-order chi connectivity index (χ1) is 11.6. The topological polar surface area (TPSA) is 120 Å². The maximum atomic E-state index is 12.7. The lowest BCUT2D eigenvalue weighted by Gasteiger charge is -2.65. The van der Waals surface area contributed by atoms with Gasteiger partial charge in [0.25, 0.3) is 0 Å². The van der Waals surface area contributed by atoms with Gasteiger partial charge in [0.15, 0.2) is 5.66 Å². The molecule has 1 aliphatic carbocycles. The second-order valence-electron chi connectivity index (χ2n) is 8.03. The van der Waals surface area contributed by atoms with Crippen LogP contribution in [0.2, 0.25) is 0 Å². The zero-order valence-electron chi connectivity index (χ0n) is 13.9. The van der Waals surface area contributed by atoms with Gasteiger partial charge in [-0.05, 0) is 11.8 Å². The van der Waals surface area contributed by atoms with Crippen molar-refractivity contribution >= 4 is 30.3 Å². The summed E-state index contributed by atoms with van der Waals surface area (Å²) >= 11 is 0. The fraction of sp³-hybridized carbons (Fsp3) is 0.667. The molecule has 4 aliphatic rings. The molecule has 1 saturated carbocycles. The summed E-state index contributed by atoms with van der Waals surface area (Å²) in [5, 5.41) is 0. The van der Waals surface area contributed by atoms with Gasteiger partial charge in [-0.3, -0.25) is 0 Å². The van der Waals surface area contributed by atoms with Crippen LogP contribution in [0.5, 0.6) is 0 Å². The molecule has 0 aromatic heterocycles. The average Bonchev–Trinajstić information content (AvgIpc) is 2.77. The quantitative estimate of drug-likeness (QED) is 0.562. The summed E-state index contributed by atoms with van der Waals surface area (Å²) in [5.74, 6) is 0. The van der Waals surface area contributed by atoms with Crippen LogP contribution >= 0.6 is 0 Å². The number of carbonyl (C=O) groups is 3. The second kappa shape index (κ2) is 4.04. The van der Waals surface area contributed by atoms with Crippen molar-refractivity contribution in [1.29, 1.82) is 0 Å². The largest absolute Gasteiger partial charge is 0.340 e. The number of hydrogen-bond donors (Lipinski definition) is 0. The van der Waals surface area contributed by atoms with Crippen LogP contribution in [0.15, 0.2) is 9.98 Å². The van der Waals surface area contributed by atoms with Crippen LogP contribution in [0, 0.1) is 10.8 Å². The molecule has 0 aromatic carbocycles. The van der Waals surface area contributed by atoms with Gasteiger partial charge in [-0.15, -0.1) is 0 Å². The second-order valence-corrected chi connectivity index (χ2v) is 8.03. The third-order valence-electron chi connectivity index (χ3n) is 5.88. The highest BCUT2D eigenvalue weighted by molar-refractivity contribution is 6.21. The standard InChI is InChI=1S/C15H15N5O5/c1-12(2)4-13(3,6-16-7-21)15-14(5-12,17-8-22)18-9(23)19(15)11(25)20(15)10(18)24/h4-6H2,1-3H3. The van der Waals surface area contributed by atoms with E-state index in [0.717, 1.165) is 14.7 Å². The maximum absolute atomic E-state index is 12.7. The van der Waals surface area contributed by atoms with Crippen LogP contribution in [0.4, 0.5) is 14.4 Å². The lowest BCUT2D eigenvalue weighted by Crippen LogP contribution is -2.87. The van der Waals surface area contributed by atoms with E-state index in [1.54, 1.807) is 6.92 Å². The minimum Gasteiger partial charge on any atom is -0.247 e. The number of aliphatic imine (C=N–C) groups is 2. The van der Waals surface area contributed by atoms with Gasteiger partial charge >= 0.3 is 18.1 Å². The van der Waals surface area contributed by atoms with Gasteiger partial charge in [0.1, 0.15) is 0 Å². The minimum absolute atomic E-state index is 0.0647. The Hall–Kier alpha value is -2.83. The molecule has 2 bridgehead atoms. The third-order valence-corrected chi connectivity index (χ3v) is 5.88. The smallest absolute Gasteiger partial charge is 0.247 e. The number of urea groups is 3. The van der Waals surface area contributed by atoms with Gasteiger partial charge in [0, 0.05) is 11.8 Å². The fourth-order valence-electron chi connectivity index (χ4n) is 5.74. The van der Waals surface area contributed by atoms with Gasteiger partial charge in [-0.1, -0.05) is 20.8 Å². The van der Waals surface area contributed by atoms with E-state index in [4.69, 9.17) is 0 Å². The summed E-state index contributed by atoms with van der Waals surface area (Å²) in [5.41, 5.74) is -4.45. The Morgan fingerprint density at radius 3 is 2.00 bits per heavy atom. The van der Waals surface area contributed by atoms with Gasteiger partial charge in [-0.25, -0.2) is 43.7 Å². The summed E-state index contributed by atoms with van der Waals surface area (Å²) in [4.78, 5) is 70.2. The summed E-state index contributed by atoms with van der Waals surface area (Å²) in [6, 6.07) is -2.33. The van der Waals surface area contributed by atoms with E-state index < -0.39 is 40.2 Å². The SMILES string of the molecule is CC1(C)CC(C)(CN=C=O)C23N4C(=O)N(C(=O)N2C4=O)C3(N=C=O)C1. The molecule has 25 heavy (non-hydrogen) atoms. The van der Waals surface area contributed by atoms with Crippen LogP contribution in [0.25, 0.3) is 0 Å². The Morgan fingerprint density at radius 2 is 1.48 bits per heavy atom. The summed E-state index contributed by atoms with van der Waals surface area (Å²) in [6.07, 6.45) is 3.61. The van der Waals surface area contributed by atoms with Crippen molar-refractivity contribution in [2.24, 2.45) is 20.8 Å². The van der Waals surface area contributed by atoms with Gasteiger partial charge in [-0.2, -0.15) is 4.99 Å². The van der Waals surface area contributed by atoms with E-state index in [1.807, 2.05) is 13.8 Å². The first-order valence-corrected chi connectivity index (χ1v) is 7.79. The number of nitrogens with zero attached hydrogens (tertiary/aromatic N) is 5. The molecule has 3 aliphatic heterocycles. The molecule has 0 N–H and O–H groups in total. The molecule has 10 nitrogen and oxygen atoms in total. The number of carbonyl (C=O) groups excluding carboxylic acids is 5.